The maximum Gasteiger partial charge on any atom is 0.393 e. The number of pyridine rings is 1. The second-order valence-electron chi connectivity index (χ2n) is 4.97. The molecule has 20 heavy (non-hydrogen) atoms. The van der Waals surface area contributed by atoms with Gasteiger partial charge in [0.1, 0.15) is 5.56 Å². The number of hydrogen-bond donors (Lipinski definition) is 1. The van der Waals surface area contributed by atoms with Crippen molar-refractivity contribution < 1.29 is 23.1 Å². The summed E-state index contributed by atoms with van der Waals surface area (Å²) in [6.45, 7) is 1.91. The summed E-state index contributed by atoms with van der Waals surface area (Å²) in [6, 6.07) is 1.53. The van der Waals surface area contributed by atoms with Gasteiger partial charge < -0.3 is 10.0 Å². The van der Waals surface area contributed by atoms with Crippen molar-refractivity contribution in [2.24, 2.45) is 5.92 Å². The van der Waals surface area contributed by atoms with Gasteiger partial charge in [-0.1, -0.05) is 0 Å². The van der Waals surface area contributed by atoms with Crippen LogP contribution in [0.1, 0.15) is 28.9 Å². The summed E-state index contributed by atoms with van der Waals surface area (Å²) in [5, 5.41) is 9.12. The maximum absolute atomic E-state index is 12.8. The van der Waals surface area contributed by atoms with Crippen molar-refractivity contribution >= 4 is 11.7 Å². The van der Waals surface area contributed by atoms with Crippen molar-refractivity contribution in [1.82, 2.24) is 4.98 Å². The minimum Gasteiger partial charge on any atom is -0.478 e. The van der Waals surface area contributed by atoms with E-state index in [1.54, 1.807) is 6.92 Å². The molecule has 0 amide bonds. The maximum atomic E-state index is 12.8. The molecular weight excluding hydrogens is 273 g/mol. The molecule has 1 saturated heterocycles. The smallest absolute Gasteiger partial charge is 0.393 e. The molecule has 7 heteroatoms. The Hall–Kier alpha value is -1.79. The van der Waals surface area contributed by atoms with Gasteiger partial charge in [-0.05, 0) is 25.8 Å². The number of piperidine rings is 1. The minimum absolute atomic E-state index is 0.0570. The topological polar surface area (TPSA) is 53.4 Å². The Morgan fingerprint density at radius 2 is 2.20 bits per heavy atom. The lowest BCUT2D eigenvalue weighted by molar-refractivity contribution is -0.175. The lowest BCUT2D eigenvalue weighted by Gasteiger charge is -2.35. The number of rotatable bonds is 2. The van der Waals surface area contributed by atoms with Crippen LogP contribution < -0.4 is 4.90 Å². The number of alkyl halides is 3. The number of hydrogen-bond acceptors (Lipinski definition) is 3. The van der Waals surface area contributed by atoms with E-state index in [2.05, 4.69) is 4.98 Å². The lowest BCUT2D eigenvalue weighted by atomic mass is 9.96. The molecule has 1 aliphatic rings. The average Bonchev–Trinajstić information content (AvgIpc) is 2.37. The van der Waals surface area contributed by atoms with E-state index < -0.39 is 18.1 Å². The molecule has 1 atom stereocenters. The molecule has 2 heterocycles. The third-order valence-electron chi connectivity index (χ3n) is 3.47. The van der Waals surface area contributed by atoms with Crippen molar-refractivity contribution in [3.05, 3.63) is 23.5 Å². The molecule has 1 aromatic heterocycles. The van der Waals surface area contributed by atoms with Gasteiger partial charge in [-0.15, -0.1) is 0 Å². The zero-order chi connectivity index (χ0) is 14.9. The van der Waals surface area contributed by atoms with Crippen molar-refractivity contribution in [2.45, 2.75) is 25.9 Å². The molecule has 1 aromatic rings. The highest BCUT2D eigenvalue weighted by molar-refractivity contribution is 5.94. The number of aromatic nitrogens is 1. The van der Waals surface area contributed by atoms with Gasteiger partial charge in [0, 0.05) is 25.0 Å². The molecule has 0 spiro atoms. The summed E-state index contributed by atoms with van der Waals surface area (Å²) in [5.74, 6) is -2.59. The van der Waals surface area contributed by atoms with E-state index in [-0.39, 0.29) is 18.5 Å². The first-order chi connectivity index (χ1) is 9.29. The van der Waals surface area contributed by atoms with Gasteiger partial charge in [0.15, 0.2) is 0 Å². The van der Waals surface area contributed by atoms with E-state index in [0.29, 0.717) is 24.3 Å². The van der Waals surface area contributed by atoms with Crippen LogP contribution in [-0.2, 0) is 0 Å². The Kier molecular flexibility index (Phi) is 3.87. The van der Waals surface area contributed by atoms with E-state index in [9.17, 15) is 18.0 Å². The van der Waals surface area contributed by atoms with E-state index in [1.165, 1.54) is 17.2 Å². The monoisotopic (exact) mass is 288 g/mol. The van der Waals surface area contributed by atoms with Crippen LogP contribution in [0.4, 0.5) is 18.9 Å². The fourth-order valence-electron chi connectivity index (χ4n) is 2.43. The van der Waals surface area contributed by atoms with Crippen LogP contribution in [0.15, 0.2) is 12.3 Å². The van der Waals surface area contributed by atoms with Gasteiger partial charge in [-0.2, -0.15) is 13.2 Å². The number of carboxylic acids is 1. The first-order valence-corrected chi connectivity index (χ1v) is 6.30. The number of aryl methyl sites for hydroxylation is 1. The highest BCUT2D eigenvalue weighted by Crippen LogP contribution is 2.35. The summed E-state index contributed by atoms with van der Waals surface area (Å²) in [4.78, 5) is 16.6. The molecule has 1 N–H and O–H groups in total. The number of aromatic carboxylic acids is 1. The molecule has 0 radical (unpaired) electrons. The molecule has 0 bridgehead atoms. The molecule has 0 aliphatic carbocycles. The summed E-state index contributed by atoms with van der Waals surface area (Å²) in [7, 11) is 0. The molecule has 1 fully saturated rings. The van der Waals surface area contributed by atoms with Gasteiger partial charge in [0.25, 0.3) is 0 Å². The molecule has 4 nitrogen and oxygen atoms in total. The van der Waals surface area contributed by atoms with E-state index in [1.807, 2.05) is 0 Å². The largest absolute Gasteiger partial charge is 0.478 e. The number of nitrogens with zero attached hydrogens (tertiary/aromatic N) is 2. The summed E-state index contributed by atoms with van der Waals surface area (Å²) in [6.07, 6.45) is -2.56. The summed E-state index contributed by atoms with van der Waals surface area (Å²) < 4.78 is 38.4. The van der Waals surface area contributed by atoms with Crippen LogP contribution >= 0.6 is 0 Å². The predicted octanol–water partition coefficient (Wildman–Crippen LogP) is 2.87. The van der Waals surface area contributed by atoms with Crippen LogP contribution in [0.3, 0.4) is 0 Å². The zero-order valence-corrected chi connectivity index (χ0v) is 10.9. The van der Waals surface area contributed by atoms with Crippen LogP contribution in [-0.4, -0.2) is 35.3 Å². The van der Waals surface area contributed by atoms with Gasteiger partial charge >= 0.3 is 12.1 Å². The Morgan fingerprint density at radius 1 is 1.50 bits per heavy atom. The molecule has 2 rings (SSSR count). The van der Waals surface area contributed by atoms with Crippen LogP contribution in [0.25, 0.3) is 0 Å². The van der Waals surface area contributed by atoms with Gasteiger partial charge in [0.2, 0.25) is 0 Å². The molecule has 1 aliphatic heterocycles. The molecule has 0 saturated carbocycles. The molecule has 1 unspecified atom stereocenters. The summed E-state index contributed by atoms with van der Waals surface area (Å²) >= 11 is 0. The SMILES string of the molecule is Cc1cc(N2CCCC(C(F)(F)F)C2)c(C(=O)O)cn1. The van der Waals surface area contributed by atoms with Crippen molar-refractivity contribution in [2.75, 3.05) is 18.0 Å². The highest BCUT2D eigenvalue weighted by atomic mass is 19.4. The van der Waals surface area contributed by atoms with Crippen molar-refractivity contribution in [1.29, 1.82) is 0 Å². The Balaban J connectivity index is 2.31. The summed E-state index contributed by atoms with van der Waals surface area (Å²) in [5.41, 5.74) is 0.844. The van der Waals surface area contributed by atoms with Crippen molar-refractivity contribution in [3.63, 3.8) is 0 Å². The first kappa shape index (κ1) is 14.6. The minimum atomic E-state index is -4.25. The molecule has 110 valence electrons. The van der Waals surface area contributed by atoms with Crippen molar-refractivity contribution in [3.8, 4) is 0 Å². The van der Waals surface area contributed by atoms with Gasteiger partial charge in [-0.3, -0.25) is 4.98 Å². The van der Waals surface area contributed by atoms with E-state index in [0.717, 1.165) is 0 Å². The number of carbonyl (C=O) groups is 1. The fourth-order valence-corrected chi connectivity index (χ4v) is 2.43. The van der Waals surface area contributed by atoms with E-state index in [4.69, 9.17) is 5.11 Å². The average molecular weight is 288 g/mol. The van der Waals surface area contributed by atoms with Crippen LogP contribution in [0.5, 0.6) is 0 Å². The standard InChI is InChI=1S/C13H15F3N2O2/c1-8-5-11(10(6-17-8)12(19)20)18-4-2-3-9(7-18)13(14,15)16/h5-6,9H,2-4,7H2,1H3,(H,19,20). The highest BCUT2D eigenvalue weighted by Gasteiger charge is 2.42. The molecular formula is C13H15F3N2O2. The second-order valence-corrected chi connectivity index (χ2v) is 4.97. The second kappa shape index (κ2) is 5.30. The first-order valence-electron chi connectivity index (χ1n) is 6.30. The Labute approximate surface area is 114 Å². The predicted molar refractivity (Wildman–Crippen MR) is 66.9 cm³/mol. The van der Waals surface area contributed by atoms with Crippen LogP contribution in [0.2, 0.25) is 0 Å². The zero-order valence-electron chi connectivity index (χ0n) is 10.9. The van der Waals surface area contributed by atoms with Gasteiger partial charge in [-0.25, -0.2) is 4.79 Å². The Bertz CT molecular complexity index is 517. The fraction of sp³-hybridized carbons (Fsp3) is 0.538. The van der Waals surface area contributed by atoms with E-state index >= 15 is 0 Å². The van der Waals surface area contributed by atoms with Gasteiger partial charge in [0.05, 0.1) is 11.6 Å². The quantitative estimate of drug-likeness (QED) is 0.909. The lowest BCUT2D eigenvalue weighted by Crippen LogP contribution is -2.42. The Morgan fingerprint density at radius 3 is 2.80 bits per heavy atom. The number of halogens is 3. The number of carboxylic acid groups (broad SMARTS) is 1. The van der Waals surface area contributed by atoms with Crippen LogP contribution in [0, 0.1) is 12.8 Å². The normalized spacial score (nSPS) is 20.0. The number of anilines is 1. The molecule has 0 aromatic carbocycles. The third kappa shape index (κ3) is 3.02. The third-order valence-corrected chi connectivity index (χ3v) is 3.47.